The summed E-state index contributed by atoms with van der Waals surface area (Å²) >= 11 is 0. The number of sulfonamides is 1. The number of hydrogen-bond acceptors (Lipinski definition) is 3. The second-order valence-corrected chi connectivity index (χ2v) is 8.21. The van der Waals surface area contributed by atoms with Gasteiger partial charge in [0.25, 0.3) is 0 Å². The third kappa shape index (κ3) is 5.79. The van der Waals surface area contributed by atoms with Crippen LogP contribution in [0.5, 0.6) is 0 Å². The summed E-state index contributed by atoms with van der Waals surface area (Å²) < 4.78 is 24.7. The Balaban J connectivity index is 1.67. The third-order valence-corrected chi connectivity index (χ3v) is 5.24. The van der Waals surface area contributed by atoms with E-state index in [0.717, 1.165) is 12.3 Å². The predicted octanol–water partition coefficient (Wildman–Crippen LogP) is 1.83. The van der Waals surface area contributed by atoms with Gasteiger partial charge in [0.05, 0.1) is 6.26 Å². The molecule has 1 heterocycles. The highest BCUT2D eigenvalue weighted by Crippen LogP contribution is 2.27. The van der Waals surface area contributed by atoms with Gasteiger partial charge in [0.15, 0.2) is 0 Å². The van der Waals surface area contributed by atoms with E-state index in [0.29, 0.717) is 12.5 Å². The second kappa shape index (κ2) is 7.04. The number of nitrogens with zero attached hydrogens (tertiary/aromatic N) is 1. The van der Waals surface area contributed by atoms with Crippen LogP contribution in [-0.4, -0.2) is 45.8 Å². The SMILES string of the molecule is CS(=O)(=O)NCCC1CCCN(CC2CCCC2)C1. The van der Waals surface area contributed by atoms with Crippen LogP contribution in [0.3, 0.4) is 0 Å². The van der Waals surface area contributed by atoms with E-state index >= 15 is 0 Å². The molecular weight excluding hydrogens is 260 g/mol. The molecule has 19 heavy (non-hydrogen) atoms. The van der Waals surface area contributed by atoms with Crippen LogP contribution in [0, 0.1) is 11.8 Å². The van der Waals surface area contributed by atoms with Gasteiger partial charge < -0.3 is 4.90 Å². The minimum atomic E-state index is -3.02. The van der Waals surface area contributed by atoms with Gasteiger partial charge in [-0.05, 0) is 50.5 Å². The van der Waals surface area contributed by atoms with E-state index in [9.17, 15) is 8.42 Å². The lowest BCUT2D eigenvalue weighted by Crippen LogP contribution is -2.39. The molecular formula is C14H28N2O2S. The number of likely N-dealkylation sites (tertiary alicyclic amines) is 1. The van der Waals surface area contributed by atoms with E-state index < -0.39 is 10.0 Å². The second-order valence-electron chi connectivity index (χ2n) is 6.37. The zero-order valence-corrected chi connectivity index (χ0v) is 12.9. The largest absolute Gasteiger partial charge is 0.303 e. The molecule has 2 rings (SSSR count). The highest BCUT2D eigenvalue weighted by molar-refractivity contribution is 7.88. The lowest BCUT2D eigenvalue weighted by atomic mass is 9.94. The maximum absolute atomic E-state index is 11.0. The third-order valence-electron chi connectivity index (χ3n) is 4.51. The van der Waals surface area contributed by atoms with Crippen LogP contribution in [0.4, 0.5) is 0 Å². The number of rotatable bonds is 6. The van der Waals surface area contributed by atoms with E-state index in [2.05, 4.69) is 9.62 Å². The van der Waals surface area contributed by atoms with Crippen molar-refractivity contribution in [2.75, 3.05) is 32.4 Å². The lowest BCUT2D eigenvalue weighted by Gasteiger charge is -2.34. The predicted molar refractivity (Wildman–Crippen MR) is 78.6 cm³/mol. The first kappa shape index (κ1) is 15.3. The fourth-order valence-corrected chi connectivity index (χ4v) is 4.05. The molecule has 5 heteroatoms. The van der Waals surface area contributed by atoms with Crippen LogP contribution in [0.15, 0.2) is 0 Å². The van der Waals surface area contributed by atoms with Crippen molar-refractivity contribution in [3.8, 4) is 0 Å². The zero-order chi connectivity index (χ0) is 13.7. The maximum Gasteiger partial charge on any atom is 0.208 e. The van der Waals surface area contributed by atoms with Gasteiger partial charge in [0.1, 0.15) is 0 Å². The van der Waals surface area contributed by atoms with Crippen LogP contribution in [0.1, 0.15) is 44.9 Å². The Labute approximate surface area is 118 Å². The van der Waals surface area contributed by atoms with Gasteiger partial charge in [-0.3, -0.25) is 0 Å². The molecule has 112 valence electrons. The summed E-state index contributed by atoms with van der Waals surface area (Å²) in [5, 5.41) is 0. The number of hydrogen-bond donors (Lipinski definition) is 1. The summed E-state index contributed by atoms with van der Waals surface area (Å²) in [6, 6.07) is 0. The van der Waals surface area contributed by atoms with Crippen molar-refractivity contribution in [1.29, 1.82) is 0 Å². The smallest absolute Gasteiger partial charge is 0.208 e. The highest BCUT2D eigenvalue weighted by Gasteiger charge is 2.23. The minimum absolute atomic E-state index is 0.598. The molecule has 0 amide bonds. The molecule has 1 aliphatic carbocycles. The Morgan fingerprint density at radius 1 is 1.11 bits per heavy atom. The van der Waals surface area contributed by atoms with Crippen molar-refractivity contribution in [2.24, 2.45) is 11.8 Å². The topological polar surface area (TPSA) is 49.4 Å². The highest BCUT2D eigenvalue weighted by atomic mass is 32.2. The number of piperidine rings is 1. The molecule has 1 saturated heterocycles. The van der Waals surface area contributed by atoms with Crippen LogP contribution >= 0.6 is 0 Å². The van der Waals surface area contributed by atoms with Crippen molar-refractivity contribution in [3.63, 3.8) is 0 Å². The van der Waals surface area contributed by atoms with Crippen LogP contribution in [0.2, 0.25) is 0 Å². The van der Waals surface area contributed by atoms with Crippen LogP contribution in [-0.2, 0) is 10.0 Å². The van der Waals surface area contributed by atoms with Crippen molar-refractivity contribution >= 4 is 10.0 Å². The first-order valence-corrected chi connectivity index (χ1v) is 9.59. The molecule has 1 N–H and O–H groups in total. The van der Waals surface area contributed by atoms with Gasteiger partial charge in [0.2, 0.25) is 10.0 Å². The summed E-state index contributed by atoms with van der Waals surface area (Å²) in [4.78, 5) is 2.62. The molecule has 1 atom stereocenters. The first-order valence-electron chi connectivity index (χ1n) is 7.70. The van der Waals surface area contributed by atoms with Gasteiger partial charge in [-0.2, -0.15) is 0 Å². The Morgan fingerprint density at radius 2 is 1.79 bits per heavy atom. The van der Waals surface area contributed by atoms with Gasteiger partial charge in [-0.1, -0.05) is 12.8 Å². The van der Waals surface area contributed by atoms with E-state index in [4.69, 9.17) is 0 Å². The van der Waals surface area contributed by atoms with Crippen LogP contribution < -0.4 is 4.72 Å². The Morgan fingerprint density at radius 3 is 2.47 bits per heavy atom. The quantitative estimate of drug-likeness (QED) is 0.811. The van der Waals surface area contributed by atoms with Crippen LogP contribution in [0.25, 0.3) is 0 Å². The van der Waals surface area contributed by atoms with Gasteiger partial charge in [-0.15, -0.1) is 0 Å². The van der Waals surface area contributed by atoms with Crippen molar-refractivity contribution in [3.05, 3.63) is 0 Å². The first-order chi connectivity index (χ1) is 9.03. The fraction of sp³-hybridized carbons (Fsp3) is 1.00. The van der Waals surface area contributed by atoms with Crippen molar-refractivity contribution in [1.82, 2.24) is 9.62 Å². The van der Waals surface area contributed by atoms with Gasteiger partial charge in [0, 0.05) is 19.6 Å². The molecule has 0 aromatic rings. The minimum Gasteiger partial charge on any atom is -0.303 e. The molecule has 1 unspecified atom stereocenters. The Kier molecular flexibility index (Phi) is 5.66. The molecule has 2 fully saturated rings. The van der Waals surface area contributed by atoms with Gasteiger partial charge >= 0.3 is 0 Å². The molecule has 1 saturated carbocycles. The molecule has 0 radical (unpaired) electrons. The summed E-state index contributed by atoms with van der Waals surface area (Å²) in [5.74, 6) is 1.59. The molecule has 4 nitrogen and oxygen atoms in total. The Hall–Kier alpha value is -0.130. The molecule has 0 aromatic heterocycles. The molecule has 2 aliphatic rings. The van der Waals surface area contributed by atoms with E-state index in [-0.39, 0.29) is 0 Å². The summed E-state index contributed by atoms with van der Waals surface area (Å²) in [6.45, 7) is 4.28. The summed E-state index contributed by atoms with van der Waals surface area (Å²) in [5.41, 5.74) is 0. The van der Waals surface area contributed by atoms with E-state index in [1.54, 1.807) is 0 Å². The number of nitrogens with one attached hydrogen (secondary N) is 1. The fourth-order valence-electron chi connectivity index (χ4n) is 3.56. The molecule has 0 spiro atoms. The molecule has 0 aromatic carbocycles. The lowest BCUT2D eigenvalue weighted by molar-refractivity contribution is 0.148. The average Bonchev–Trinajstić information content (AvgIpc) is 2.80. The molecule has 1 aliphatic heterocycles. The summed E-state index contributed by atoms with van der Waals surface area (Å²) in [6.07, 6.45) is 10.4. The average molecular weight is 288 g/mol. The van der Waals surface area contributed by atoms with Crippen molar-refractivity contribution in [2.45, 2.75) is 44.9 Å². The molecule has 0 bridgehead atoms. The standard InChI is InChI=1S/C14H28N2O2S/c1-19(17,18)15-9-8-14-7-4-10-16(12-14)11-13-5-2-3-6-13/h13-15H,2-12H2,1H3. The normalized spacial score (nSPS) is 26.9. The van der Waals surface area contributed by atoms with Crippen molar-refractivity contribution < 1.29 is 8.42 Å². The zero-order valence-electron chi connectivity index (χ0n) is 12.1. The van der Waals surface area contributed by atoms with E-state index in [1.807, 2.05) is 0 Å². The maximum atomic E-state index is 11.0. The summed E-state index contributed by atoms with van der Waals surface area (Å²) in [7, 11) is -3.02. The van der Waals surface area contributed by atoms with E-state index in [1.165, 1.54) is 64.4 Å². The van der Waals surface area contributed by atoms with Gasteiger partial charge in [-0.25, -0.2) is 13.1 Å². The Bertz CT molecular complexity index is 364. The monoisotopic (exact) mass is 288 g/mol.